The lowest BCUT2D eigenvalue weighted by molar-refractivity contribution is -0.0473. The first-order valence-electron chi connectivity index (χ1n) is 10.5. The second-order valence-corrected chi connectivity index (χ2v) is 9.60. The van der Waals surface area contributed by atoms with Crippen LogP contribution in [0.25, 0.3) is 0 Å². The van der Waals surface area contributed by atoms with E-state index in [1.54, 1.807) is 48.8 Å². The van der Waals surface area contributed by atoms with E-state index in [4.69, 9.17) is 0 Å². The summed E-state index contributed by atoms with van der Waals surface area (Å²) in [7, 11) is 2.37. The molecule has 0 atom stereocenters. The molecule has 4 saturated carbocycles. The third-order valence-electron chi connectivity index (χ3n) is 7.81. The average molecular weight is 324 g/mol. The van der Waals surface area contributed by atoms with Crippen molar-refractivity contribution < 1.29 is 0 Å². The standard InChI is InChI=1S/C23H33N/c1-24(14-16-6-7-19-4-2-3-5-20(19)9-16)15-23-21-10-17-8-18(12-21)13-22(23)11-17/h6-7,9,17-18,21-23H,2-5,8,10-15H2,1H3. The van der Waals surface area contributed by atoms with E-state index in [1.807, 2.05) is 0 Å². The molecule has 5 aliphatic carbocycles. The molecule has 0 spiro atoms. The summed E-state index contributed by atoms with van der Waals surface area (Å²) in [5, 5.41) is 0. The van der Waals surface area contributed by atoms with Crippen LogP contribution in [-0.4, -0.2) is 18.5 Å². The van der Waals surface area contributed by atoms with Crippen molar-refractivity contribution in [2.24, 2.45) is 29.6 Å². The fraction of sp³-hybridized carbons (Fsp3) is 0.739. The molecule has 0 amide bonds. The molecule has 1 aromatic carbocycles. The minimum atomic E-state index is 1.00. The van der Waals surface area contributed by atoms with Crippen molar-refractivity contribution in [2.75, 3.05) is 13.6 Å². The highest BCUT2D eigenvalue weighted by Crippen LogP contribution is 2.56. The third-order valence-corrected chi connectivity index (χ3v) is 7.81. The number of benzene rings is 1. The van der Waals surface area contributed by atoms with E-state index in [1.165, 1.54) is 32.2 Å². The number of hydrogen-bond donors (Lipinski definition) is 0. The number of hydrogen-bond acceptors (Lipinski definition) is 1. The van der Waals surface area contributed by atoms with E-state index in [9.17, 15) is 0 Å². The van der Waals surface area contributed by atoms with Crippen molar-refractivity contribution in [1.82, 2.24) is 4.90 Å². The van der Waals surface area contributed by atoms with Gasteiger partial charge in [0.05, 0.1) is 0 Å². The lowest BCUT2D eigenvalue weighted by Gasteiger charge is -2.55. The van der Waals surface area contributed by atoms with Gasteiger partial charge in [-0.25, -0.2) is 0 Å². The molecular weight excluding hydrogens is 290 g/mol. The summed E-state index contributed by atoms with van der Waals surface area (Å²) in [6, 6.07) is 7.33. The SMILES string of the molecule is CN(Cc1ccc2c(c1)CCCC2)CC1C2CC3CC(C2)CC1C3. The van der Waals surface area contributed by atoms with E-state index in [2.05, 4.69) is 30.1 Å². The summed E-state index contributed by atoms with van der Waals surface area (Å²) >= 11 is 0. The first-order valence-corrected chi connectivity index (χ1v) is 10.5. The van der Waals surface area contributed by atoms with Gasteiger partial charge in [-0.3, -0.25) is 0 Å². The highest BCUT2D eigenvalue weighted by atomic mass is 15.1. The van der Waals surface area contributed by atoms with Crippen molar-refractivity contribution in [2.45, 2.75) is 64.3 Å². The van der Waals surface area contributed by atoms with E-state index in [0.29, 0.717) is 0 Å². The highest BCUT2D eigenvalue weighted by molar-refractivity contribution is 5.33. The van der Waals surface area contributed by atoms with E-state index < -0.39 is 0 Å². The predicted molar refractivity (Wildman–Crippen MR) is 100.0 cm³/mol. The van der Waals surface area contributed by atoms with E-state index >= 15 is 0 Å². The van der Waals surface area contributed by atoms with Crippen molar-refractivity contribution >= 4 is 0 Å². The maximum absolute atomic E-state index is 2.64. The Balaban J connectivity index is 1.24. The zero-order valence-electron chi connectivity index (χ0n) is 15.3. The van der Waals surface area contributed by atoms with Crippen LogP contribution < -0.4 is 0 Å². The first kappa shape index (κ1) is 15.4. The number of fused-ring (bicyclic) bond motifs is 1. The minimum Gasteiger partial charge on any atom is -0.302 e. The number of nitrogens with zero attached hydrogens (tertiary/aromatic N) is 1. The van der Waals surface area contributed by atoms with Gasteiger partial charge in [0.25, 0.3) is 0 Å². The van der Waals surface area contributed by atoms with Gasteiger partial charge in [0.2, 0.25) is 0 Å². The van der Waals surface area contributed by atoms with Crippen LogP contribution in [0.3, 0.4) is 0 Å². The van der Waals surface area contributed by atoms with Crippen LogP contribution in [0.4, 0.5) is 0 Å². The number of rotatable bonds is 4. The fourth-order valence-electron chi connectivity index (χ4n) is 6.96. The molecule has 0 heterocycles. The molecule has 24 heavy (non-hydrogen) atoms. The van der Waals surface area contributed by atoms with Crippen molar-refractivity contribution in [3.05, 3.63) is 34.9 Å². The zero-order valence-corrected chi connectivity index (χ0v) is 15.3. The maximum atomic E-state index is 2.64. The third kappa shape index (κ3) is 2.83. The molecule has 4 fully saturated rings. The van der Waals surface area contributed by atoms with E-state index in [0.717, 1.165) is 36.1 Å². The second-order valence-electron chi connectivity index (χ2n) is 9.60. The van der Waals surface area contributed by atoms with Crippen LogP contribution in [0.2, 0.25) is 0 Å². The number of aryl methyl sites for hydroxylation is 2. The van der Waals surface area contributed by atoms with Gasteiger partial charge in [0.15, 0.2) is 0 Å². The van der Waals surface area contributed by atoms with Crippen molar-refractivity contribution in [3.63, 3.8) is 0 Å². The molecular formula is C23H33N. The molecule has 0 N–H and O–H groups in total. The molecule has 0 unspecified atom stereocenters. The Morgan fingerprint density at radius 1 is 0.875 bits per heavy atom. The van der Waals surface area contributed by atoms with Crippen molar-refractivity contribution in [1.29, 1.82) is 0 Å². The van der Waals surface area contributed by atoms with Crippen LogP contribution in [0.5, 0.6) is 0 Å². The van der Waals surface area contributed by atoms with Crippen molar-refractivity contribution in [3.8, 4) is 0 Å². The lowest BCUT2D eigenvalue weighted by atomic mass is 9.52. The Morgan fingerprint density at radius 2 is 1.54 bits per heavy atom. The van der Waals surface area contributed by atoms with Gasteiger partial charge < -0.3 is 4.90 Å². The van der Waals surface area contributed by atoms with Gasteiger partial charge in [-0.15, -0.1) is 0 Å². The Morgan fingerprint density at radius 3 is 2.25 bits per heavy atom. The first-order chi connectivity index (χ1) is 11.7. The smallest absolute Gasteiger partial charge is 0.0230 e. The van der Waals surface area contributed by atoms with Gasteiger partial charge in [-0.05, 0) is 111 Å². The summed E-state index contributed by atoms with van der Waals surface area (Å²) in [6.07, 6.45) is 13.2. The van der Waals surface area contributed by atoms with Crippen LogP contribution in [0, 0.1) is 29.6 Å². The summed E-state index contributed by atoms with van der Waals surface area (Å²) in [5.74, 6) is 5.34. The molecule has 0 saturated heterocycles. The molecule has 0 radical (unpaired) electrons. The fourth-order valence-corrected chi connectivity index (χ4v) is 6.96. The quantitative estimate of drug-likeness (QED) is 0.748. The van der Waals surface area contributed by atoms with Gasteiger partial charge in [-0.1, -0.05) is 18.2 Å². The van der Waals surface area contributed by atoms with Gasteiger partial charge in [0.1, 0.15) is 0 Å². The Hall–Kier alpha value is -0.820. The van der Waals surface area contributed by atoms with Crippen LogP contribution >= 0.6 is 0 Å². The largest absolute Gasteiger partial charge is 0.302 e. The van der Waals surface area contributed by atoms with Gasteiger partial charge in [0, 0.05) is 13.1 Å². The molecule has 1 aromatic rings. The molecule has 1 nitrogen and oxygen atoms in total. The van der Waals surface area contributed by atoms with Crippen LogP contribution in [0.15, 0.2) is 18.2 Å². The molecule has 5 aliphatic rings. The topological polar surface area (TPSA) is 3.24 Å². The Bertz CT molecular complexity index is 576. The summed E-state index contributed by atoms with van der Waals surface area (Å²) < 4.78 is 0. The zero-order chi connectivity index (χ0) is 16.1. The summed E-state index contributed by atoms with van der Waals surface area (Å²) in [4.78, 5) is 2.64. The normalized spacial score (nSPS) is 37.0. The molecule has 4 bridgehead atoms. The van der Waals surface area contributed by atoms with Crippen LogP contribution in [0.1, 0.15) is 61.6 Å². The van der Waals surface area contributed by atoms with Gasteiger partial charge >= 0.3 is 0 Å². The molecule has 130 valence electrons. The molecule has 0 aromatic heterocycles. The van der Waals surface area contributed by atoms with E-state index in [-0.39, 0.29) is 0 Å². The average Bonchev–Trinajstić information content (AvgIpc) is 2.57. The Labute approximate surface area is 147 Å². The van der Waals surface area contributed by atoms with Crippen LogP contribution in [-0.2, 0) is 19.4 Å². The predicted octanol–water partition coefficient (Wildman–Crippen LogP) is 5.07. The molecule has 1 heteroatoms. The molecule has 6 rings (SSSR count). The summed E-state index contributed by atoms with van der Waals surface area (Å²) in [6.45, 7) is 2.49. The lowest BCUT2D eigenvalue weighted by Crippen LogP contribution is -2.48. The minimum absolute atomic E-state index is 1.00. The maximum Gasteiger partial charge on any atom is 0.0230 e. The van der Waals surface area contributed by atoms with Gasteiger partial charge in [-0.2, -0.15) is 0 Å². The monoisotopic (exact) mass is 323 g/mol. The second kappa shape index (κ2) is 6.16. The highest BCUT2D eigenvalue weighted by Gasteiger charge is 2.48. The molecule has 0 aliphatic heterocycles. The summed E-state index contributed by atoms with van der Waals surface area (Å²) in [5.41, 5.74) is 4.80. The Kier molecular flexibility index (Phi) is 3.96.